The quantitative estimate of drug-likeness (QED) is 0.645. The molecule has 0 aliphatic heterocycles. The van der Waals surface area contributed by atoms with E-state index in [0.29, 0.717) is 19.0 Å². The number of nitrogens with zero attached hydrogens (tertiary/aromatic N) is 1. The molecule has 0 amide bonds. The summed E-state index contributed by atoms with van der Waals surface area (Å²) in [5.41, 5.74) is 5.35. The molecule has 0 atom stereocenters. The third-order valence-electron chi connectivity index (χ3n) is 1.09. The van der Waals surface area contributed by atoms with Gasteiger partial charge in [0.1, 0.15) is 18.2 Å². The highest BCUT2D eigenvalue weighted by atomic mass is 16.5. The molecule has 0 saturated heterocycles. The highest BCUT2D eigenvalue weighted by Gasteiger charge is 1.95. The molecule has 1 aromatic heterocycles. The number of ether oxygens (including phenoxy) is 1. The summed E-state index contributed by atoms with van der Waals surface area (Å²) in [5, 5.41) is 0. The minimum Gasteiger partial charge on any atom is -0.382 e. The van der Waals surface area contributed by atoms with Crippen molar-refractivity contribution in [1.82, 2.24) is 9.97 Å². The van der Waals surface area contributed by atoms with Crippen molar-refractivity contribution in [2.24, 2.45) is 0 Å². The zero-order chi connectivity index (χ0) is 7.40. The molecular weight excluding hydrogens is 130 g/mol. The van der Waals surface area contributed by atoms with Crippen LogP contribution >= 0.6 is 0 Å². The van der Waals surface area contributed by atoms with E-state index in [1.807, 2.05) is 6.92 Å². The summed E-state index contributed by atoms with van der Waals surface area (Å²) < 4.78 is 5.08. The number of hydrogen-bond acceptors (Lipinski definition) is 3. The van der Waals surface area contributed by atoms with Crippen LogP contribution in [0.2, 0.25) is 0 Å². The fraction of sp³-hybridized carbons (Fsp3) is 0.500. The van der Waals surface area contributed by atoms with E-state index in [1.165, 1.54) is 0 Å². The number of nitrogen functional groups attached to an aromatic ring is 1. The monoisotopic (exact) mass is 141 g/mol. The van der Waals surface area contributed by atoms with Crippen molar-refractivity contribution in [3.05, 3.63) is 12.0 Å². The molecule has 0 aliphatic rings. The molecule has 10 heavy (non-hydrogen) atoms. The van der Waals surface area contributed by atoms with Crippen LogP contribution in [0.25, 0.3) is 0 Å². The summed E-state index contributed by atoms with van der Waals surface area (Å²) in [6.45, 7) is 3.14. The summed E-state index contributed by atoms with van der Waals surface area (Å²) in [7, 11) is 0. The van der Waals surface area contributed by atoms with Gasteiger partial charge in [-0.3, -0.25) is 0 Å². The van der Waals surface area contributed by atoms with Crippen LogP contribution in [-0.4, -0.2) is 16.6 Å². The number of aromatic amines is 1. The first-order chi connectivity index (χ1) is 4.83. The van der Waals surface area contributed by atoms with E-state index in [1.54, 1.807) is 6.20 Å². The Balaban J connectivity index is 2.42. The average Bonchev–Trinajstić information content (AvgIpc) is 2.31. The third kappa shape index (κ3) is 1.73. The van der Waals surface area contributed by atoms with Crippen LogP contribution in [0.5, 0.6) is 0 Å². The zero-order valence-corrected chi connectivity index (χ0v) is 5.92. The van der Waals surface area contributed by atoms with E-state index >= 15 is 0 Å². The van der Waals surface area contributed by atoms with Crippen LogP contribution in [0.3, 0.4) is 0 Å². The maximum absolute atomic E-state index is 5.35. The standard InChI is InChI=1S/C6H11N3O/c1-2-10-4-6-8-3-5(7)9-6/h3H,2,4,7H2,1H3,(H,8,9). The molecule has 1 rings (SSSR count). The normalized spacial score (nSPS) is 10.1. The van der Waals surface area contributed by atoms with Crippen molar-refractivity contribution in [2.45, 2.75) is 13.5 Å². The summed E-state index contributed by atoms with van der Waals surface area (Å²) in [6.07, 6.45) is 1.65. The summed E-state index contributed by atoms with van der Waals surface area (Å²) >= 11 is 0. The number of nitrogens with one attached hydrogen (secondary N) is 1. The van der Waals surface area contributed by atoms with E-state index in [9.17, 15) is 0 Å². The van der Waals surface area contributed by atoms with Crippen LogP contribution < -0.4 is 5.73 Å². The largest absolute Gasteiger partial charge is 0.382 e. The molecule has 0 fully saturated rings. The molecule has 3 N–H and O–H groups in total. The number of anilines is 1. The topological polar surface area (TPSA) is 63.9 Å². The molecule has 0 bridgehead atoms. The van der Waals surface area contributed by atoms with Crippen LogP contribution in [0.1, 0.15) is 12.7 Å². The van der Waals surface area contributed by atoms with Gasteiger partial charge in [0.05, 0.1) is 0 Å². The van der Waals surface area contributed by atoms with Crippen molar-refractivity contribution >= 4 is 5.82 Å². The summed E-state index contributed by atoms with van der Waals surface area (Å²) in [4.78, 5) is 6.82. The van der Waals surface area contributed by atoms with Gasteiger partial charge in [-0.25, -0.2) is 4.98 Å². The smallest absolute Gasteiger partial charge is 0.141 e. The minimum atomic E-state index is 0.508. The van der Waals surface area contributed by atoms with E-state index < -0.39 is 0 Å². The number of nitrogens with two attached hydrogens (primary N) is 1. The lowest BCUT2D eigenvalue weighted by Crippen LogP contribution is -1.94. The number of hydrogen-bond donors (Lipinski definition) is 2. The van der Waals surface area contributed by atoms with E-state index in [4.69, 9.17) is 10.5 Å². The molecular formula is C6H11N3O. The number of imidazole rings is 1. The van der Waals surface area contributed by atoms with Crippen LogP contribution in [0.15, 0.2) is 6.20 Å². The summed E-state index contributed by atoms with van der Waals surface area (Å²) in [6, 6.07) is 0. The van der Waals surface area contributed by atoms with Crippen molar-refractivity contribution in [3.63, 3.8) is 0 Å². The molecule has 1 aromatic rings. The van der Waals surface area contributed by atoms with Crippen LogP contribution in [0, 0.1) is 0 Å². The fourth-order valence-electron chi connectivity index (χ4n) is 0.650. The Morgan fingerprint density at radius 1 is 1.80 bits per heavy atom. The minimum absolute atomic E-state index is 0.508. The molecule has 4 heteroatoms. The Hall–Kier alpha value is -1.03. The van der Waals surface area contributed by atoms with E-state index in [2.05, 4.69) is 9.97 Å². The van der Waals surface area contributed by atoms with Crippen molar-refractivity contribution < 1.29 is 4.74 Å². The lowest BCUT2D eigenvalue weighted by molar-refractivity contribution is 0.129. The number of rotatable bonds is 3. The lowest BCUT2D eigenvalue weighted by Gasteiger charge is -1.94. The Morgan fingerprint density at radius 3 is 3.10 bits per heavy atom. The van der Waals surface area contributed by atoms with Gasteiger partial charge in [0.15, 0.2) is 0 Å². The highest BCUT2D eigenvalue weighted by molar-refractivity contribution is 5.23. The highest BCUT2D eigenvalue weighted by Crippen LogP contribution is 1.98. The van der Waals surface area contributed by atoms with Crippen molar-refractivity contribution in [1.29, 1.82) is 0 Å². The molecule has 4 nitrogen and oxygen atoms in total. The molecule has 0 saturated carbocycles. The van der Waals surface area contributed by atoms with Crippen molar-refractivity contribution in [2.75, 3.05) is 12.3 Å². The van der Waals surface area contributed by atoms with Gasteiger partial charge in [0.25, 0.3) is 0 Å². The molecule has 0 unspecified atom stereocenters. The van der Waals surface area contributed by atoms with Gasteiger partial charge >= 0.3 is 0 Å². The second-order valence-electron chi connectivity index (χ2n) is 1.91. The fourth-order valence-corrected chi connectivity index (χ4v) is 0.650. The maximum Gasteiger partial charge on any atom is 0.141 e. The number of H-pyrrole nitrogens is 1. The van der Waals surface area contributed by atoms with Gasteiger partial charge in [0, 0.05) is 12.8 Å². The van der Waals surface area contributed by atoms with Gasteiger partial charge in [0.2, 0.25) is 0 Å². The average molecular weight is 141 g/mol. The first-order valence-electron chi connectivity index (χ1n) is 3.20. The Bertz CT molecular complexity index is 197. The Kier molecular flexibility index (Phi) is 2.28. The molecule has 56 valence electrons. The second kappa shape index (κ2) is 3.22. The SMILES string of the molecule is CCOCc1nc(N)c[nH]1. The second-order valence-corrected chi connectivity index (χ2v) is 1.91. The molecule has 0 radical (unpaired) electrons. The van der Waals surface area contributed by atoms with E-state index in [0.717, 1.165) is 5.82 Å². The predicted octanol–water partition coefficient (Wildman–Crippen LogP) is 0.528. The van der Waals surface area contributed by atoms with Gasteiger partial charge in [-0.2, -0.15) is 0 Å². The molecule has 0 aliphatic carbocycles. The Labute approximate surface area is 59.4 Å². The molecule has 0 spiro atoms. The first-order valence-corrected chi connectivity index (χ1v) is 3.20. The first kappa shape index (κ1) is 7.08. The van der Waals surface area contributed by atoms with Crippen LogP contribution in [0.4, 0.5) is 5.82 Å². The van der Waals surface area contributed by atoms with E-state index in [-0.39, 0.29) is 0 Å². The molecule has 0 aromatic carbocycles. The maximum atomic E-state index is 5.35. The van der Waals surface area contributed by atoms with Gasteiger partial charge in [-0.1, -0.05) is 0 Å². The van der Waals surface area contributed by atoms with Crippen molar-refractivity contribution in [3.8, 4) is 0 Å². The summed E-state index contributed by atoms with van der Waals surface area (Å²) in [5.74, 6) is 1.29. The van der Waals surface area contributed by atoms with Gasteiger partial charge in [-0.05, 0) is 6.92 Å². The Morgan fingerprint density at radius 2 is 2.60 bits per heavy atom. The number of aromatic nitrogens is 2. The van der Waals surface area contributed by atoms with Gasteiger partial charge in [-0.15, -0.1) is 0 Å². The zero-order valence-electron chi connectivity index (χ0n) is 5.92. The third-order valence-corrected chi connectivity index (χ3v) is 1.09. The van der Waals surface area contributed by atoms with Crippen LogP contribution in [-0.2, 0) is 11.3 Å². The lowest BCUT2D eigenvalue weighted by atomic mass is 10.7. The van der Waals surface area contributed by atoms with Gasteiger partial charge < -0.3 is 15.5 Å². The predicted molar refractivity (Wildman–Crippen MR) is 38.3 cm³/mol. The molecule has 1 heterocycles.